The number of hydrogen-bond donors (Lipinski definition) is 4. The van der Waals surface area contributed by atoms with Gasteiger partial charge in [0.1, 0.15) is 23.8 Å². The largest absolute Gasteiger partial charge is 0.382 e. The van der Waals surface area contributed by atoms with Crippen LogP contribution in [0.2, 0.25) is 20.1 Å². The van der Waals surface area contributed by atoms with E-state index in [1.807, 2.05) is 23.9 Å². The summed E-state index contributed by atoms with van der Waals surface area (Å²) in [6, 6.07) is 12.7. The van der Waals surface area contributed by atoms with Crippen LogP contribution in [-0.2, 0) is 9.59 Å². The summed E-state index contributed by atoms with van der Waals surface area (Å²) in [4.78, 5) is 38.6. The zero-order chi connectivity index (χ0) is 35.5. The number of likely N-dealkylation sites (N-methyl/N-ethyl adjacent to an activating group) is 2. The highest BCUT2D eigenvalue weighted by Crippen LogP contribution is 2.26. The van der Waals surface area contributed by atoms with Gasteiger partial charge < -0.3 is 36.4 Å². The Kier molecular flexibility index (Phi) is 14.2. The molecule has 0 saturated carbocycles. The normalized spacial score (nSPS) is 17.3. The molecular weight excluding hydrogens is 710 g/mol. The summed E-state index contributed by atoms with van der Waals surface area (Å²) >= 11 is 23.8. The van der Waals surface area contributed by atoms with Crippen molar-refractivity contribution < 1.29 is 9.59 Å². The molecule has 49 heavy (non-hydrogen) atoms. The molecule has 0 unspecified atom stereocenters. The van der Waals surface area contributed by atoms with Crippen LogP contribution in [0, 0.1) is 11.3 Å². The number of rotatable bonds is 9. The van der Waals surface area contributed by atoms with E-state index in [1.54, 1.807) is 41.3 Å². The van der Waals surface area contributed by atoms with Gasteiger partial charge in [0.15, 0.2) is 5.82 Å². The van der Waals surface area contributed by atoms with Crippen molar-refractivity contribution in [2.75, 3.05) is 74.6 Å². The van der Waals surface area contributed by atoms with Gasteiger partial charge in [0.05, 0.1) is 13.1 Å². The first-order chi connectivity index (χ1) is 23.5. The molecule has 0 bridgehead atoms. The first kappa shape index (κ1) is 38.1. The standard InChI is InChI=1S/C19H21Cl2N7O.C14H19Cl2N3O/c1-27(19-16(8-22)18(23)25-11-26-19)15-3-2-4-28(10-15)17(29)9-24-14-6-12(20)5-13(21)7-14;1-17-12-3-2-4-19(9-12)14(20)8-18-13-6-10(15)5-11(16)7-13/h5-7,11,15,24H,2-4,9-10H2,1H3,(H2,23,25,26);5-7,12,17-18H,2-4,8-9H2,1H3/t15-;12-/m00/s1. The smallest absolute Gasteiger partial charge is 0.241 e. The molecule has 262 valence electrons. The number of nitrogens with one attached hydrogen (secondary N) is 3. The van der Waals surface area contributed by atoms with Crippen molar-refractivity contribution >= 4 is 81.2 Å². The molecule has 2 amide bonds. The topological polar surface area (TPSA) is 156 Å². The monoisotopic (exact) mass is 748 g/mol. The number of benzene rings is 2. The lowest BCUT2D eigenvalue weighted by atomic mass is 10.0. The molecule has 12 nitrogen and oxygen atoms in total. The van der Waals surface area contributed by atoms with E-state index in [1.165, 1.54) is 6.33 Å². The second-order valence-corrected chi connectivity index (χ2v) is 13.6. The summed E-state index contributed by atoms with van der Waals surface area (Å²) in [5.74, 6) is 0.700. The predicted octanol–water partition coefficient (Wildman–Crippen LogP) is 5.39. The molecule has 0 spiro atoms. The van der Waals surface area contributed by atoms with Gasteiger partial charge in [-0.3, -0.25) is 9.59 Å². The number of piperidine rings is 2. The van der Waals surface area contributed by atoms with E-state index in [-0.39, 0.29) is 42.3 Å². The molecule has 5 rings (SSSR count). The van der Waals surface area contributed by atoms with Crippen LogP contribution < -0.4 is 26.6 Å². The molecule has 2 atom stereocenters. The zero-order valence-corrected chi connectivity index (χ0v) is 30.4. The number of likely N-dealkylation sites (tertiary alicyclic amines) is 2. The van der Waals surface area contributed by atoms with Gasteiger partial charge in [-0.25, -0.2) is 9.97 Å². The minimum Gasteiger partial charge on any atom is -0.382 e. The number of anilines is 4. The van der Waals surface area contributed by atoms with E-state index in [2.05, 4.69) is 32.0 Å². The first-order valence-corrected chi connectivity index (χ1v) is 17.3. The van der Waals surface area contributed by atoms with Crippen LogP contribution in [0.25, 0.3) is 0 Å². The minimum absolute atomic E-state index is 0.0229. The van der Waals surface area contributed by atoms with Crippen molar-refractivity contribution in [3.05, 3.63) is 68.4 Å². The van der Waals surface area contributed by atoms with Crippen molar-refractivity contribution in [3.63, 3.8) is 0 Å². The van der Waals surface area contributed by atoms with Gasteiger partial charge in [-0.1, -0.05) is 46.4 Å². The van der Waals surface area contributed by atoms with Crippen LogP contribution in [0.15, 0.2) is 42.7 Å². The van der Waals surface area contributed by atoms with Crippen LogP contribution in [0.5, 0.6) is 0 Å². The van der Waals surface area contributed by atoms with E-state index in [0.717, 1.165) is 44.5 Å². The first-order valence-electron chi connectivity index (χ1n) is 15.8. The predicted molar refractivity (Wildman–Crippen MR) is 198 cm³/mol. The second-order valence-electron chi connectivity index (χ2n) is 11.8. The lowest BCUT2D eigenvalue weighted by Crippen LogP contribution is -2.50. The number of halogens is 4. The van der Waals surface area contributed by atoms with Crippen molar-refractivity contribution in [1.29, 1.82) is 5.26 Å². The lowest BCUT2D eigenvalue weighted by molar-refractivity contribution is -0.131. The molecule has 3 heterocycles. The number of carbonyl (C=O) groups is 2. The molecule has 16 heteroatoms. The number of amides is 2. The molecular formula is C33H40Cl4N10O2. The average Bonchev–Trinajstić information content (AvgIpc) is 3.08. The molecule has 2 aliphatic heterocycles. The second kappa shape index (κ2) is 18.3. The van der Waals surface area contributed by atoms with Crippen molar-refractivity contribution in [2.45, 2.75) is 37.8 Å². The minimum atomic E-state index is -0.0260. The molecule has 0 aliphatic carbocycles. The third kappa shape index (κ3) is 11.1. The van der Waals surface area contributed by atoms with E-state index in [4.69, 9.17) is 52.1 Å². The summed E-state index contributed by atoms with van der Waals surface area (Å²) in [6.45, 7) is 3.20. The molecule has 1 aromatic heterocycles. The Hall–Kier alpha value is -3.73. The number of nitrogens with zero attached hydrogens (tertiary/aromatic N) is 6. The van der Waals surface area contributed by atoms with Crippen molar-refractivity contribution in [1.82, 2.24) is 25.1 Å². The summed E-state index contributed by atoms with van der Waals surface area (Å²) in [5, 5.41) is 20.9. The third-order valence-electron chi connectivity index (χ3n) is 8.39. The van der Waals surface area contributed by atoms with E-state index in [9.17, 15) is 14.9 Å². The molecule has 0 radical (unpaired) electrons. The Morgan fingerprint density at radius 3 is 1.90 bits per heavy atom. The van der Waals surface area contributed by atoms with Crippen LogP contribution >= 0.6 is 46.4 Å². The average molecular weight is 751 g/mol. The highest BCUT2D eigenvalue weighted by molar-refractivity contribution is 6.35. The Bertz CT molecular complexity index is 1620. The van der Waals surface area contributed by atoms with Gasteiger partial charge in [0.25, 0.3) is 0 Å². The zero-order valence-electron chi connectivity index (χ0n) is 27.4. The number of hydrogen-bond acceptors (Lipinski definition) is 10. The van der Waals surface area contributed by atoms with E-state index < -0.39 is 0 Å². The van der Waals surface area contributed by atoms with E-state index in [0.29, 0.717) is 50.7 Å². The van der Waals surface area contributed by atoms with Crippen LogP contribution in [0.3, 0.4) is 0 Å². The highest BCUT2D eigenvalue weighted by Gasteiger charge is 2.28. The van der Waals surface area contributed by atoms with E-state index >= 15 is 0 Å². The van der Waals surface area contributed by atoms with Gasteiger partial charge in [-0.15, -0.1) is 0 Å². The van der Waals surface area contributed by atoms with Gasteiger partial charge >= 0.3 is 0 Å². The highest BCUT2D eigenvalue weighted by atomic mass is 35.5. The number of nitriles is 1. The number of nitrogen functional groups attached to an aromatic ring is 1. The molecule has 2 aromatic carbocycles. The molecule has 2 aliphatic rings. The SMILES string of the molecule is CN(c1ncnc(N)c1C#N)[C@H]1CCCN(C(=O)CNc2cc(Cl)cc(Cl)c2)C1.CN[C@H]1CCCN(C(=O)CNc2cc(Cl)cc(Cl)c2)C1. The lowest BCUT2D eigenvalue weighted by Gasteiger charge is -2.38. The summed E-state index contributed by atoms with van der Waals surface area (Å²) < 4.78 is 0. The summed E-state index contributed by atoms with van der Waals surface area (Å²) in [6.07, 6.45) is 5.24. The van der Waals surface area contributed by atoms with Gasteiger partial charge in [0, 0.05) is 76.8 Å². The molecule has 2 fully saturated rings. The van der Waals surface area contributed by atoms with Crippen molar-refractivity contribution in [2.24, 2.45) is 0 Å². The van der Waals surface area contributed by atoms with Crippen molar-refractivity contribution in [3.8, 4) is 6.07 Å². The van der Waals surface area contributed by atoms with Gasteiger partial charge in [-0.05, 0) is 69.1 Å². The van der Waals surface area contributed by atoms with Gasteiger partial charge in [0.2, 0.25) is 11.8 Å². The Balaban J connectivity index is 0.000000237. The Morgan fingerprint density at radius 1 is 0.878 bits per heavy atom. The maximum atomic E-state index is 12.7. The Labute approximate surface area is 306 Å². The fraction of sp³-hybridized carbons (Fsp3) is 0.424. The molecule has 2 saturated heterocycles. The fourth-order valence-electron chi connectivity index (χ4n) is 5.76. The third-order valence-corrected chi connectivity index (χ3v) is 9.27. The number of aromatic nitrogens is 2. The molecule has 3 aromatic rings. The van der Waals surface area contributed by atoms with Crippen LogP contribution in [0.1, 0.15) is 31.2 Å². The fourth-order valence-corrected chi connectivity index (χ4v) is 6.82. The maximum absolute atomic E-state index is 12.7. The summed E-state index contributed by atoms with van der Waals surface area (Å²) in [7, 11) is 3.79. The quantitative estimate of drug-likeness (QED) is 0.224. The number of carbonyl (C=O) groups excluding carboxylic acids is 2. The Morgan fingerprint density at radius 2 is 1.39 bits per heavy atom. The number of nitrogens with two attached hydrogens (primary N) is 1. The van der Waals surface area contributed by atoms with Gasteiger partial charge in [-0.2, -0.15) is 5.26 Å². The molecule has 5 N–H and O–H groups in total. The van der Waals surface area contributed by atoms with Crippen LogP contribution in [0.4, 0.5) is 23.0 Å². The summed E-state index contributed by atoms with van der Waals surface area (Å²) in [5.41, 5.74) is 7.50. The van der Waals surface area contributed by atoms with Crippen LogP contribution in [-0.4, -0.2) is 97.0 Å². The maximum Gasteiger partial charge on any atom is 0.241 e.